The highest BCUT2D eigenvalue weighted by Crippen LogP contribution is 2.45. The van der Waals surface area contributed by atoms with Crippen LogP contribution in [0.5, 0.6) is 0 Å². The van der Waals surface area contributed by atoms with E-state index in [1.807, 2.05) is 47.7 Å². The van der Waals surface area contributed by atoms with Crippen molar-refractivity contribution in [3.63, 3.8) is 0 Å². The van der Waals surface area contributed by atoms with Gasteiger partial charge in [-0.25, -0.2) is 4.98 Å². The van der Waals surface area contributed by atoms with Gasteiger partial charge in [-0.3, -0.25) is 0 Å². The summed E-state index contributed by atoms with van der Waals surface area (Å²) in [5, 5.41) is 7.36. The summed E-state index contributed by atoms with van der Waals surface area (Å²) < 4.78 is 11.2. The van der Waals surface area contributed by atoms with E-state index in [0.29, 0.717) is 5.89 Å². The SMILES string of the molecule is c1ccc(-c2nc3cc(N(c4ccc5sc6ccccc6c5c4)c4cccc5c4ccc4c6ccccc6n(-c6ccccc6)c54)ccc3o2)cc1. The Kier molecular flexibility index (Phi) is 6.39. The normalized spacial score (nSPS) is 11.8. The zero-order valence-electron chi connectivity index (χ0n) is 27.9. The van der Waals surface area contributed by atoms with Crippen LogP contribution in [0.2, 0.25) is 0 Å². The van der Waals surface area contributed by atoms with Crippen LogP contribution in [0.4, 0.5) is 17.1 Å². The Hall–Kier alpha value is -6.69. The number of rotatable bonds is 5. The van der Waals surface area contributed by atoms with Crippen LogP contribution in [0.3, 0.4) is 0 Å². The highest BCUT2D eigenvalue weighted by atomic mass is 32.1. The fraction of sp³-hybridized carbons (Fsp3) is 0. The van der Waals surface area contributed by atoms with Gasteiger partial charge in [-0.1, -0.05) is 97.1 Å². The van der Waals surface area contributed by atoms with Crippen molar-refractivity contribution in [1.82, 2.24) is 9.55 Å². The molecule has 8 aromatic carbocycles. The number of thiophene rings is 1. The quantitative estimate of drug-likeness (QED) is 0.181. The van der Waals surface area contributed by atoms with Gasteiger partial charge >= 0.3 is 0 Å². The molecule has 0 aliphatic rings. The number of oxazole rings is 1. The van der Waals surface area contributed by atoms with Gasteiger partial charge in [0.2, 0.25) is 5.89 Å². The Morgan fingerprint density at radius 2 is 1.17 bits per heavy atom. The van der Waals surface area contributed by atoms with Gasteiger partial charge in [-0.2, -0.15) is 0 Å². The lowest BCUT2D eigenvalue weighted by molar-refractivity contribution is 0.620. The first-order chi connectivity index (χ1) is 25.8. The molecule has 3 heterocycles. The highest BCUT2D eigenvalue weighted by molar-refractivity contribution is 7.25. The number of anilines is 3. The van der Waals surface area contributed by atoms with Crippen molar-refractivity contribution in [2.75, 3.05) is 4.90 Å². The second kappa shape index (κ2) is 11.4. The van der Waals surface area contributed by atoms with Gasteiger partial charge in [0.15, 0.2) is 5.58 Å². The van der Waals surface area contributed by atoms with E-state index in [4.69, 9.17) is 9.40 Å². The fourth-order valence-electron chi connectivity index (χ4n) is 7.88. The molecule has 0 amide bonds. The number of hydrogen-bond donors (Lipinski definition) is 0. The molecule has 0 atom stereocenters. The lowest BCUT2D eigenvalue weighted by Crippen LogP contribution is -2.10. The third kappa shape index (κ3) is 4.43. The average molecular weight is 684 g/mol. The fourth-order valence-corrected chi connectivity index (χ4v) is 8.97. The third-order valence-corrected chi connectivity index (χ3v) is 11.3. The summed E-state index contributed by atoms with van der Waals surface area (Å²) in [6.07, 6.45) is 0. The summed E-state index contributed by atoms with van der Waals surface area (Å²) in [5.74, 6) is 0.617. The minimum Gasteiger partial charge on any atom is -0.436 e. The summed E-state index contributed by atoms with van der Waals surface area (Å²) in [5.41, 5.74) is 9.25. The van der Waals surface area contributed by atoms with E-state index < -0.39 is 0 Å². The maximum atomic E-state index is 6.27. The Balaban J connectivity index is 1.19. The molecular formula is C47H29N3OS. The predicted molar refractivity (Wildman–Crippen MR) is 219 cm³/mol. The molecule has 3 aromatic heterocycles. The molecule has 11 rings (SSSR count). The van der Waals surface area contributed by atoms with E-state index in [0.717, 1.165) is 44.8 Å². The van der Waals surface area contributed by atoms with Gasteiger partial charge in [0.05, 0.1) is 16.7 Å². The lowest BCUT2D eigenvalue weighted by atomic mass is 10.0. The van der Waals surface area contributed by atoms with E-state index in [2.05, 4.69) is 149 Å². The Morgan fingerprint density at radius 3 is 2.06 bits per heavy atom. The topological polar surface area (TPSA) is 34.2 Å². The molecule has 4 nitrogen and oxygen atoms in total. The lowest BCUT2D eigenvalue weighted by Gasteiger charge is -2.27. The largest absolute Gasteiger partial charge is 0.436 e. The molecule has 0 radical (unpaired) electrons. The highest BCUT2D eigenvalue weighted by Gasteiger charge is 2.21. The first-order valence-corrected chi connectivity index (χ1v) is 18.3. The summed E-state index contributed by atoms with van der Waals surface area (Å²) in [4.78, 5) is 7.35. The molecule has 11 aromatic rings. The Morgan fingerprint density at radius 1 is 0.500 bits per heavy atom. The van der Waals surface area contributed by atoms with E-state index in [-0.39, 0.29) is 0 Å². The van der Waals surface area contributed by atoms with Crippen LogP contribution in [-0.2, 0) is 0 Å². The smallest absolute Gasteiger partial charge is 0.227 e. The van der Waals surface area contributed by atoms with Gasteiger partial charge in [0, 0.05) is 64.3 Å². The molecule has 244 valence electrons. The number of benzene rings is 8. The summed E-state index contributed by atoms with van der Waals surface area (Å²) in [6.45, 7) is 0. The standard InChI is InChI=1S/C47H29N3OS/c1-3-12-30(13-4-1)47-48-40-29-33(22-26-43(40)51-47)49(32-23-27-45-39(28-32)36-17-8-10-21-44(36)52-45)41-20-11-18-37-35(41)24-25-38-34-16-7-9-19-42(34)50(46(37)38)31-14-5-2-6-15-31/h1-29H. The minimum absolute atomic E-state index is 0.617. The molecule has 0 saturated heterocycles. The monoisotopic (exact) mass is 683 g/mol. The van der Waals surface area contributed by atoms with Crippen LogP contribution in [0, 0.1) is 0 Å². The van der Waals surface area contributed by atoms with Crippen LogP contribution in [0.15, 0.2) is 180 Å². The number of nitrogens with zero attached hydrogens (tertiary/aromatic N) is 3. The average Bonchev–Trinajstić information content (AvgIpc) is 3.90. The van der Waals surface area contributed by atoms with Crippen molar-refractivity contribution < 1.29 is 4.42 Å². The van der Waals surface area contributed by atoms with Crippen molar-refractivity contribution in [3.05, 3.63) is 176 Å². The minimum atomic E-state index is 0.617. The number of para-hydroxylation sites is 2. The summed E-state index contributed by atoms with van der Waals surface area (Å²) in [7, 11) is 0. The number of aromatic nitrogens is 2. The van der Waals surface area contributed by atoms with Crippen molar-refractivity contribution in [2.24, 2.45) is 0 Å². The first kappa shape index (κ1) is 29.1. The summed E-state index contributed by atoms with van der Waals surface area (Å²) >= 11 is 1.84. The zero-order chi connectivity index (χ0) is 34.2. The molecule has 52 heavy (non-hydrogen) atoms. The van der Waals surface area contributed by atoms with Gasteiger partial charge in [-0.05, 0) is 78.9 Å². The molecular weight excluding hydrogens is 655 g/mol. The van der Waals surface area contributed by atoms with Crippen molar-refractivity contribution in [1.29, 1.82) is 0 Å². The summed E-state index contributed by atoms with van der Waals surface area (Å²) in [6, 6.07) is 62.7. The number of fused-ring (bicyclic) bond motifs is 9. The molecule has 0 aliphatic carbocycles. The van der Waals surface area contributed by atoms with E-state index >= 15 is 0 Å². The molecule has 0 aliphatic heterocycles. The van der Waals surface area contributed by atoms with Crippen molar-refractivity contribution in [2.45, 2.75) is 0 Å². The maximum absolute atomic E-state index is 6.27. The van der Waals surface area contributed by atoms with Crippen LogP contribution < -0.4 is 4.90 Å². The van der Waals surface area contributed by atoms with E-state index in [1.54, 1.807) is 0 Å². The van der Waals surface area contributed by atoms with E-state index in [9.17, 15) is 0 Å². The molecule has 0 saturated carbocycles. The maximum Gasteiger partial charge on any atom is 0.227 e. The predicted octanol–water partition coefficient (Wildman–Crippen LogP) is 13.6. The van der Waals surface area contributed by atoms with Gasteiger partial charge in [0.25, 0.3) is 0 Å². The van der Waals surface area contributed by atoms with Gasteiger partial charge < -0.3 is 13.9 Å². The zero-order valence-corrected chi connectivity index (χ0v) is 28.7. The Bertz CT molecular complexity index is 3140. The molecule has 5 heteroatoms. The van der Waals surface area contributed by atoms with E-state index in [1.165, 1.54) is 47.4 Å². The second-order valence-electron chi connectivity index (χ2n) is 13.2. The first-order valence-electron chi connectivity index (χ1n) is 17.5. The molecule has 0 unspecified atom stereocenters. The van der Waals surface area contributed by atoms with Gasteiger partial charge in [-0.15, -0.1) is 11.3 Å². The molecule has 0 bridgehead atoms. The molecule has 0 N–H and O–H groups in total. The third-order valence-electron chi connectivity index (χ3n) is 10.2. The van der Waals surface area contributed by atoms with Crippen LogP contribution in [0.1, 0.15) is 0 Å². The molecule has 0 spiro atoms. The molecule has 0 fully saturated rings. The second-order valence-corrected chi connectivity index (χ2v) is 14.3. The van der Waals surface area contributed by atoms with Gasteiger partial charge in [0.1, 0.15) is 5.52 Å². The van der Waals surface area contributed by atoms with Crippen molar-refractivity contribution in [3.8, 4) is 17.1 Å². The van der Waals surface area contributed by atoms with Crippen molar-refractivity contribution >= 4 is 92.2 Å². The van der Waals surface area contributed by atoms with Crippen LogP contribution >= 0.6 is 11.3 Å². The number of hydrogen-bond acceptors (Lipinski definition) is 4. The van der Waals surface area contributed by atoms with Crippen LogP contribution in [0.25, 0.3) is 81.0 Å². The Labute approximate surface area is 303 Å². The van der Waals surface area contributed by atoms with Crippen LogP contribution in [-0.4, -0.2) is 9.55 Å².